The Hall–Kier alpha value is -5.22. The minimum atomic E-state index is -1.35. The highest BCUT2D eigenvalue weighted by molar-refractivity contribution is 5.87. The van der Waals surface area contributed by atoms with Gasteiger partial charge in [-0.1, -0.05) is 12.1 Å². The molecule has 5 rings (SSSR count). The van der Waals surface area contributed by atoms with E-state index in [9.17, 15) is 29.5 Å². The standard InChI is InChI=1S/C30H30FN7O5/c1-30(2,42)18-43-23-13-24(27-21(14-32)16-34-38(27)17-23)20-5-8-25(33-15-20)36-9-11-37(12-10-36)28(39)26(35-29(40)41)19-3-6-22(31)7-4-19/h3-8,13,15-17,26,35,42H,9-12,18H2,1-2H3,(H,40,41). The molecule has 0 saturated carbocycles. The van der Waals surface area contributed by atoms with Gasteiger partial charge < -0.3 is 30.1 Å². The summed E-state index contributed by atoms with van der Waals surface area (Å²) in [4.78, 5) is 32.9. The van der Waals surface area contributed by atoms with Crippen LogP contribution in [0.5, 0.6) is 5.75 Å². The Kier molecular flexibility index (Phi) is 8.13. The number of piperazine rings is 1. The summed E-state index contributed by atoms with van der Waals surface area (Å²) in [6.45, 7) is 4.95. The Morgan fingerprint density at radius 1 is 1.14 bits per heavy atom. The number of pyridine rings is 2. The van der Waals surface area contributed by atoms with Gasteiger partial charge in [0.15, 0.2) is 0 Å². The molecule has 3 aromatic heterocycles. The van der Waals surface area contributed by atoms with Crippen LogP contribution >= 0.6 is 0 Å². The molecule has 12 nitrogen and oxygen atoms in total. The van der Waals surface area contributed by atoms with Crippen LogP contribution < -0.4 is 15.0 Å². The third kappa shape index (κ3) is 6.65. The lowest BCUT2D eigenvalue weighted by atomic mass is 10.0. The minimum Gasteiger partial charge on any atom is -0.489 e. The number of nitriles is 1. The fourth-order valence-corrected chi connectivity index (χ4v) is 4.88. The minimum absolute atomic E-state index is 0.0625. The van der Waals surface area contributed by atoms with Gasteiger partial charge >= 0.3 is 6.09 Å². The van der Waals surface area contributed by atoms with E-state index in [0.717, 1.165) is 5.56 Å². The Balaban J connectivity index is 1.31. The van der Waals surface area contributed by atoms with E-state index in [4.69, 9.17) is 4.74 Å². The van der Waals surface area contributed by atoms with E-state index in [-0.39, 0.29) is 6.61 Å². The second-order valence-corrected chi connectivity index (χ2v) is 10.8. The molecule has 13 heteroatoms. The van der Waals surface area contributed by atoms with Gasteiger partial charge in [0.2, 0.25) is 5.91 Å². The largest absolute Gasteiger partial charge is 0.489 e. The molecule has 1 aromatic carbocycles. The molecule has 1 aliphatic rings. The lowest BCUT2D eigenvalue weighted by Crippen LogP contribution is -2.52. The van der Waals surface area contributed by atoms with E-state index in [1.54, 1.807) is 41.7 Å². The van der Waals surface area contributed by atoms with Crippen LogP contribution in [0, 0.1) is 17.1 Å². The molecular weight excluding hydrogens is 557 g/mol. The first-order valence-electron chi connectivity index (χ1n) is 13.5. The fraction of sp³-hybridized carbons (Fsp3) is 0.300. The number of amides is 2. The lowest BCUT2D eigenvalue weighted by molar-refractivity contribution is -0.133. The SMILES string of the molecule is CC(C)(O)COc1cc(-c2ccc(N3CCN(C(=O)C(NC(=O)O)c4ccc(F)cc4)CC3)nc2)c2c(C#N)cnn2c1. The van der Waals surface area contributed by atoms with Crippen LogP contribution in [-0.2, 0) is 4.79 Å². The number of carbonyl (C=O) groups excluding carboxylic acids is 1. The van der Waals surface area contributed by atoms with Crippen molar-refractivity contribution in [3.05, 3.63) is 78.0 Å². The van der Waals surface area contributed by atoms with Crippen LogP contribution in [-0.4, -0.2) is 80.1 Å². The zero-order valence-corrected chi connectivity index (χ0v) is 23.6. The third-order valence-corrected chi connectivity index (χ3v) is 6.99. The molecule has 1 unspecified atom stereocenters. The number of aliphatic hydroxyl groups is 1. The number of anilines is 1. The van der Waals surface area contributed by atoms with Gasteiger partial charge in [-0.3, -0.25) is 4.79 Å². The Labute approximate surface area is 246 Å². The van der Waals surface area contributed by atoms with E-state index in [1.807, 2.05) is 17.0 Å². The number of carboxylic acid groups (broad SMARTS) is 1. The molecule has 0 spiro atoms. The molecule has 0 bridgehead atoms. The van der Waals surface area contributed by atoms with Crippen molar-refractivity contribution in [1.29, 1.82) is 5.26 Å². The number of hydrogen-bond acceptors (Lipinski definition) is 8. The highest BCUT2D eigenvalue weighted by Crippen LogP contribution is 2.32. The molecule has 4 heterocycles. The summed E-state index contributed by atoms with van der Waals surface area (Å²) in [5.74, 6) is 0.263. The van der Waals surface area contributed by atoms with E-state index >= 15 is 0 Å². The Bertz CT molecular complexity index is 1670. The number of benzene rings is 1. The number of hydrogen-bond donors (Lipinski definition) is 3. The van der Waals surface area contributed by atoms with E-state index in [2.05, 4.69) is 21.5 Å². The number of rotatable bonds is 8. The third-order valence-electron chi connectivity index (χ3n) is 6.99. The molecule has 1 fully saturated rings. The van der Waals surface area contributed by atoms with Crippen molar-refractivity contribution in [1.82, 2.24) is 24.8 Å². The van der Waals surface area contributed by atoms with E-state index < -0.39 is 29.5 Å². The normalized spacial score (nSPS) is 14.3. The van der Waals surface area contributed by atoms with Crippen molar-refractivity contribution in [3.8, 4) is 22.9 Å². The summed E-state index contributed by atoms with van der Waals surface area (Å²) in [5.41, 5.74) is 1.74. The van der Waals surface area contributed by atoms with Crippen molar-refractivity contribution >= 4 is 23.3 Å². The second-order valence-electron chi connectivity index (χ2n) is 10.8. The summed E-state index contributed by atoms with van der Waals surface area (Å²) >= 11 is 0. The monoisotopic (exact) mass is 587 g/mol. The van der Waals surface area contributed by atoms with Crippen LogP contribution in [0.25, 0.3) is 16.6 Å². The van der Waals surface area contributed by atoms with Crippen molar-refractivity contribution < 1.29 is 28.9 Å². The quantitative estimate of drug-likeness (QED) is 0.282. The number of aromatic nitrogens is 3. The molecule has 222 valence electrons. The van der Waals surface area contributed by atoms with Crippen molar-refractivity contribution in [2.45, 2.75) is 25.5 Å². The van der Waals surface area contributed by atoms with Gasteiger partial charge in [0.25, 0.3) is 0 Å². The Morgan fingerprint density at radius 3 is 2.47 bits per heavy atom. The van der Waals surface area contributed by atoms with E-state index in [0.29, 0.717) is 60.0 Å². The van der Waals surface area contributed by atoms with Crippen LogP contribution in [0.4, 0.5) is 15.0 Å². The molecule has 1 aliphatic heterocycles. The maximum absolute atomic E-state index is 13.4. The predicted molar refractivity (Wildman–Crippen MR) is 154 cm³/mol. The molecule has 1 saturated heterocycles. The molecule has 3 N–H and O–H groups in total. The van der Waals surface area contributed by atoms with Gasteiger partial charge in [0.1, 0.15) is 36.1 Å². The Morgan fingerprint density at radius 2 is 1.86 bits per heavy atom. The maximum Gasteiger partial charge on any atom is 0.405 e. The van der Waals surface area contributed by atoms with Crippen LogP contribution in [0.1, 0.15) is 31.0 Å². The number of fused-ring (bicyclic) bond motifs is 1. The molecule has 4 aromatic rings. The first-order chi connectivity index (χ1) is 20.5. The van der Waals surface area contributed by atoms with Gasteiger partial charge in [-0.05, 0) is 49.7 Å². The molecule has 43 heavy (non-hydrogen) atoms. The zero-order chi connectivity index (χ0) is 30.7. The summed E-state index contributed by atoms with van der Waals surface area (Å²) in [7, 11) is 0. The number of nitrogens with one attached hydrogen (secondary N) is 1. The van der Waals surface area contributed by atoms with Crippen LogP contribution in [0.3, 0.4) is 0 Å². The molecule has 2 amide bonds. The predicted octanol–water partition coefficient (Wildman–Crippen LogP) is 3.21. The zero-order valence-electron chi connectivity index (χ0n) is 23.6. The van der Waals surface area contributed by atoms with Crippen molar-refractivity contribution in [3.63, 3.8) is 0 Å². The summed E-state index contributed by atoms with van der Waals surface area (Å²) < 4.78 is 20.8. The van der Waals surface area contributed by atoms with E-state index in [1.165, 1.54) is 30.5 Å². The molecular formula is C30H30FN7O5. The first kappa shape index (κ1) is 29.3. The van der Waals surface area contributed by atoms with Gasteiger partial charge in [0.05, 0.1) is 29.1 Å². The highest BCUT2D eigenvalue weighted by atomic mass is 19.1. The topological polar surface area (TPSA) is 156 Å². The van der Waals surface area contributed by atoms with Gasteiger partial charge in [-0.15, -0.1) is 0 Å². The van der Waals surface area contributed by atoms with Gasteiger partial charge in [-0.25, -0.2) is 18.7 Å². The van der Waals surface area contributed by atoms with Crippen molar-refractivity contribution in [2.24, 2.45) is 0 Å². The first-order valence-corrected chi connectivity index (χ1v) is 13.5. The van der Waals surface area contributed by atoms with Crippen molar-refractivity contribution in [2.75, 3.05) is 37.7 Å². The molecule has 0 radical (unpaired) electrons. The van der Waals surface area contributed by atoms with Crippen LogP contribution in [0.15, 0.2) is 61.1 Å². The number of nitrogens with zero attached hydrogens (tertiary/aromatic N) is 6. The average molecular weight is 588 g/mol. The summed E-state index contributed by atoms with van der Waals surface area (Å²) in [6, 6.07) is 11.7. The molecule has 0 aliphatic carbocycles. The fourth-order valence-electron chi connectivity index (χ4n) is 4.88. The number of ether oxygens (including phenoxy) is 1. The van der Waals surface area contributed by atoms with Gasteiger partial charge in [-0.2, -0.15) is 10.4 Å². The molecule has 1 atom stereocenters. The highest BCUT2D eigenvalue weighted by Gasteiger charge is 2.30. The second kappa shape index (κ2) is 11.9. The van der Waals surface area contributed by atoms with Crippen LogP contribution in [0.2, 0.25) is 0 Å². The maximum atomic E-state index is 13.4. The smallest absolute Gasteiger partial charge is 0.405 e. The van der Waals surface area contributed by atoms with Gasteiger partial charge in [0, 0.05) is 43.5 Å². The number of carbonyl (C=O) groups is 2. The average Bonchev–Trinajstić information content (AvgIpc) is 3.41. The summed E-state index contributed by atoms with van der Waals surface area (Å²) in [5, 5.41) is 35.5. The lowest BCUT2D eigenvalue weighted by Gasteiger charge is -2.37. The summed E-state index contributed by atoms with van der Waals surface area (Å²) in [6.07, 6.45) is 3.47. The number of halogens is 1.